The van der Waals surface area contributed by atoms with E-state index in [2.05, 4.69) is 10.3 Å². The lowest BCUT2D eigenvalue weighted by atomic mass is 9.84. The molecule has 21 heavy (non-hydrogen) atoms. The summed E-state index contributed by atoms with van der Waals surface area (Å²) in [5.74, 6) is 0.373. The number of carbonyl (C=O) groups excluding carboxylic acids is 2. The SMILES string of the molecule is COC(=O)[C@@H]1[C@H]2CC[C@@H](C2)[C@H]1NC(=O)Cc1cccnc1. The average molecular weight is 288 g/mol. The Hall–Kier alpha value is -1.91. The highest BCUT2D eigenvalue weighted by Gasteiger charge is 2.51. The third kappa shape index (κ3) is 2.77. The second-order valence-corrected chi connectivity index (χ2v) is 6.01. The Kier molecular flexibility index (Phi) is 3.90. The molecular formula is C16H20N2O3. The van der Waals surface area contributed by atoms with E-state index in [4.69, 9.17) is 4.74 Å². The second-order valence-electron chi connectivity index (χ2n) is 6.01. The summed E-state index contributed by atoms with van der Waals surface area (Å²) in [5, 5.41) is 3.06. The quantitative estimate of drug-likeness (QED) is 0.849. The van der Waals surface area contributed by atoms with Crippen LogP contribution in [0.1, 0.15) is 24.8 Å². The van der Waals surface area contributed by atoms with Crippen LogP contribution >= 0.6 is 0 Å². The average Bonchev–Trinajstić information content (AvgIpc) is 3.08. The monoisotopic (exact) mass is 288 g/mol. The van der Waals surface area contributed by atoms with E-state index in [-0.39, 0.29) is 23.8 Å². The predicted octanol–water partition coefficient (Wildman–Crippen LogP) is 1.33. The fourth-order valence-corrected chi connectivity index (χ4v) is 3.90. The summed E-state index contributed by atoms with van der Waals surface area (Å²) in [5.41, 5.74) is 0.882. The van der Waals surface area contributed by atoms with Crippen LogP contribution in [0.15, 0.2) is 24.5 Å². The smallest absolute Gasteiger partial charge is 0.311 e. The first kappa shape index (κ1) is 14.0. The Bertz CT molecular complexity index is 532. The van der Waals surface area contributed by atoms with E-state index < -0.39 is 0 Å². The van der Waals surface area contributed by atoms with Gasteiger partial charge in [0, 0.05) is 18.4 Å². The molecule has 5 heteroatoms. The van der Waals surface area contributed by atoms with Crippen LogP contribution in [0.5, 0.6) is 0 Å². The van der Waals surface area contributed by atoms with Crippen molar-refractivity contribution in [2.75, 3.05) is 7.11 Å². The van der Waals surface area contributed by atoms with E-state index in [1.165, 1.54) is 7.11 Å². The molecule has 1 heterocycles. The van der Waals surface area contributed by atoms with Gasteiger partial charge in [0.1, 0.15) is 0 Å². The van der Waals surface area contributed by atoms with Crippen molar-refractivity contribution in [1.82, 2.24) is 10.3 Å². The van der Waals surface area contributed by atoms with E-state index in [0.717, 1.165) is 24.8 Å². The molecule has 1 N–H and O–H groups in total. The van der Waals surface area contributed by atoms with Crippen LogP contribution in [0.25, 0.3) is 0 Å². The number of hydrogen-bond acceptors (Lipinski definition) is 4. The highest BCUT2D eigenvalue weighted by molar-refractivity contribution is 5.81. The van der Waals surface area contributed by atoms with E-state index in [1.54, 1.807) is 12.4 Å². The summed E-state index contributed by atoms with van der Waals surface area (Å²) >= 11 is 0. The Morgan fingerprint density at radius 1 is 1.38 bits per heavy atom. The lowest BCUT2D eigenvalue weighted by Crippen LogP contribution is -2.47. The maximum absolute atomic E-state index is 12.2. The molecule has 1 amide bonds. The van der Waals surface area contributed by atoms with Crippen molar-refractivity contribution in [3.8, 4) is 0 Å². The number of esters is 1. The van der Waals surface area contributed by atoms with Gasteiger partial charge >= 0.3 is 5.97 Å². The number of aromatic nitrogens is 1. The standard InChI is InChI=1S/C16H20N2O3/c1-21-16(20)14-11-4-5-12(8-11)15(14)18-13(19)7-10-3-2-6-17-9-10/h2-3,6,9,11-12,14-15H,4-5,7-8H2,1H3,(H,18,19)/t11-,12-,14+,15+/m0/s1. The van der Waals surface area contributed by atoms with Crippen molar-refractivity contribution in [3.63, 3.8) is 0 Å². The topological polar surface area (TPSA) is 68.3 Å². The lowest BCUT2D eigenvalue weighted by molar-refractivity contribution is -0.148. The van der Waals surface area contributed by atoms with Gasteiger partial charge in [0.05, 0.1) is 19.4 Å². The molecule has 0 aliphatic heterocycles. The molecule has 2 saturated carbocycles. The minimum absolute atomic E-state index is 0.0468. The van der Waals surface area contributed by atoms with Gasteiger partial charge in [-0.2, -0.15) is 0 Å². The van der Waals surface area contributed by atoms with Crippen molar-refractivity contribution < 1.29 is 14.3 Å². The molecule has 3 rings (SSSR count). The number of methoxy groups -OCH3 is 1. The maximum Gasteiger partial charge on any atom is 0.311 e. The van der Waals surface area contributed by atoms with Gasteiger partial charge in [-0.05, 0) is 42.7 Å². The van der Waals surface area contributed by atoms with Crippen molar-refractivity contribution in [3.05, 3.63) is 30.1 Å². The van der Waals surface area contributed by atoms with Crippen molar-refractivity contribution in [2.45, 2.75) is 31.7 Å². The van der Waals surface area contributed by atoms with Gasteiger partial charge in [-0.3, -0.25) is 14.6 Å². The fraction of sp³-hybridized carbons (Fsp3) is 0.562. The van der Waals surface area contributed by atoms with Crippen molar-refractivity contribution >= 4 is 11.9 Å². The first-order valence-corrected chi connectivity index (χ1v) is 7.45. The third-order valence-electron chi connectivity index (χ3n) is 4.80. The fourth-order valence-electron chi connectivity index (χ4n) is 3.90. The molecular weight excluding hydrogens is 268 g/mol. The number of fused-ring (bicyclic) bond motifs is 2. The lowest BCUT2D eigenvalue weighted by Gasteiger charge is -2.29. The van der Waals surface area contributed by atoms with Gasteiger partial charge in [-0.25, -0.2) is 0 Å². The minimum Gasteiger partial charge on any atom is -0.469 e. The number of nitrogens with zero attached hydrogens (tertiary/aromatic N) is 1. The molecule has 0 radical (unpaired) electrons. The van der Waals surface area contributed by atoms with Crippen molar-refractivity contribution in [1.29, 1.82) is 0 Å². The molecule has 0 aromatic carbocycles. The highest BCUT2D eigenvalue weighted by Crippen LogP contribution is 2.48. The van der Waals surface area contributed by atoms with Gasteiger partial charge in [-0.1, -0.05) is 6.07 Å². The Morgan fingerprint density at radius 2 is 2.19 bits per heavy atom. The van der Waals surface area contributed by atoms with Gasteiger partial charge in [0.15, 0.2) is 0 Å². The Balaban J connectivity index is 1.65. The van der Waals surface area contributed by atoms with Gasteiger partial charge in [0.25, 0.3) is 0 Å². The van der Waals surface area contributed by atoms with Crippen LogP contribution < -0.4 is 5.32 Å². The first-order valence-electron chi connectivity index (χ1n) is 7.45. The summed E-state index contributed by atoms with van der Waals surface area (Å²) < 4.78 is 4.92. The second kappa shape index (κ2) is 5.84. The predicted molar refractivity (Wildman–Crippen MR) is 76.2 cm³/mol. The van der Waals surface area contributed by atoms with Gasteiger partial charge in [0.2, 0.25) is 5.91 Å². The number of rotatable bonds is 4. The normalized spacial score (nSPS) is 30.1. The van der Waals surface area contributed by atoms with E-state index in [1.807, 2.05) is 12.1 Å². The largest absolute Gasteiger partial charge is 0.469 e. The summed E-state index contributed by atoms with van der Waals surface area (Å²) in [6.07, 6.45) is 6.87. The zero-order chi connectivity index (χ0) is 14.8. The molecule has 2 fully saturated rings. The number of pyridine rings is 1. The van der Waals surface area contributed by atoms with Crippen LogP contribution in [0.3, 0.4) is 0 Å². The molecule has 2 aliphatic rings. The molecule has 4 atom stereocenters. The number of nitrogens with one attached hydrogen (secondary N) is 1. The summed E-state index contributed by atoms with van der Waals surface area (Å²) in [6, 6.07) is 3.63. The van der Waals surface area contributed by atoms with Crippen molar-refractivity contribution in [2.24, 2.45) is 17.8 Å². The molecule has 0 saturated heterocycles. The number of ether oxygens (including phenoxy) is 1. The molecule has 1 aromatic rings. The summed E-state index contributed by atoms with van der Waals surface area (Å²) in [7, 11) is 1.42. The Labute approximate surface area is 124 Å². The molecule has 0 spiro atoms. The van der Waals surface area contributed by atoms with Crippen LogP contribution in [0.2, 0.25) is 0 Å². The van der Waals surface area contributed by atoms with Gasteiger partial charge < -0.3 is 10.1 Å². The van der Waals surface area contributed by atoms with E-state index >= 15 is 0 Å². The van der Waals surface area contributed by atoms with Crippen LogP contribution in [0, 0.1) is 17.8 Å². The summed E-state index contributed by atoms with van der Waals surface area (Å²) in [6.45, 7) is 0. The zero-order valence-corrected chi connectivity index (χ0v) is 12.1. The minimum atomic E-state index is -0.186. The molecule has 112 valence electrons. The molecule has 2 bridgehead atoms. The molecule has 5 nitrogen and oxygen atoms in total. The Morgan fingerprint density at radius 3 is 2.90 bits per heavy atom. The van der Waals surface area contributed by atoms with E-state index in [9.17, 15) is 9.59 Å². The van der Waals surface area contributed by atoms with Crippen LogP contribution in [0.4, 0.5) is 0 Å². The molecule has 2 aliphatic carbocycles. The van der Waals surface area contributed by atoms with Crippen LogP contribution in [-0.2, 0) is 20.7 Å². The third-order valence-corrected chi connectivity index (χ3v) is 4.80. The number of hydrogen-bond donors (Lipinski definition) is 1. The molecule has 1 aromatic heterocycles. The first-order chi connectivity index (χ1) is 10.2. The van der Waals surface area contributed by atoms with Crippen LogP contribution in [-0.4, -0.2) is 30.0 Å². The zero-order valence-electron chi connectivity index (χ0n) is 12.1. The van der Waals surface area contributed by atoms with Gasteiger partial charge in [-0.15, -0.1) is 0 Å². The number of carbonyl (C=O) groups is 2. The maximum atomic E-state index is 12.2. The molecule has 0 unspecified atom stereocenters. The summed E-state index contributed by atoms with van der Waals surface area (Å²) in [4.78, 5) is 28.2. The highest BCUT2D eigenvalue weighted by atomic mass is 16.5. The van der Waals surface area contributed by atoms with E-state index in [0.29, 0.717) is 18.3 Å². The number of amides is 1.